The molecule has 25 heavy (non-hydrogen) atoms. The number of primary sulfonamides is 1. The number of nitrogens with two attached hydrogens (primary N) is 1. The lowest BCUT2D eigenvalue weighted by Gasteiger charge is -2.10. The van der Waals surface area contributed by atoms with Crippen LogP contribution < -0.4 is 10.5 Å². The number of sulfonamides is 1. The molecule has 0 heterocycles. The molecule has 1 amide bonds. The van der Waals surface area contributed by atoms with E-state index in [-0.39, 0.29) is 22.6 Å². The van der Waals surface area contributed by atoms with E-state index in [0.717, 1.165) is 16.5 Å². The maximum atomic E-state index is 12.4. The molecule has 0 bridgehead atoms. The maximum Gasteiger partial charge on any atom is 0.238 e. The van der Waals surface area contributed by atoms with Crippen molar-refractivity contribution in [3.63, 3.8) is 0 Å². The lowest BCUT2D eigenvalue weighted by Crippen LogP contribution is -2.17. The summed E-state index contributed by atoms with van der Waals surface area (Å²) in [6, 6.07) is 12.8. The van der Waals surface area contributed by atoms with Crippen molar-refractivity contribution >= 4 is 37.5 Å². The normalized spacial score (nSPS) is 19.5. The van der Waals surface area contributed by atoms with Crippen LogP contribution in [0.4, 0.5) is 5.69 Å². The third-order valence-electron chi connectivity index (χ3n) is 4.45. The Balaban J connectivity index is 1.73. The summed E-state index contributed by atoms with van der Waals surface area (Å²) in [6.45, 7) is 1.86. The molecule has 0 radical (unpaired) electrons. The number of carbonyl (C=O) groups is 1. The fourth-order valence-corrected chi connectivity index (χ4v) is 4.12. The van der Waals surface area contributed by atoms with Gasteiger partial charge in [0, 0.05) is 16.1 Å². The molecule has 0 spiro atoms. The number of rotatable bonds is 5. The van der Waals surface area contributed by atoms with E-state index in [1.54, 1.807) is 12.1 Å². The molecule has 2 unspecified atom stereocenters. The molecule has 1 saturated carbocycles. The molecule has 0 aliphatic heterocycles. The van der Waals surface area contributed by atoms with Crippen LogP contribution in [0, 0.1) is 5.92 Å². The first kappa shape index (κ1) is 18.1. The molecule has 2 aromatic rings. The first-order chi connectivity index (χ1) is 11.8. The number of benzene rings is 2. The smallest absolute Gasteiger partial charge is 0.238 e. The molecule has 2 atom stereocenters. The Bertz CT molecular complexity index is 910. The van der Waals surface area contributed by atoms with Crippen molar-refractivity contribution in [3.05, 3.63) is 58.1 Å². The quantitative estimate of drug-likeness (QED) is 0.773. The number of nitrogens with one attached hydrogen (secondary N) is 1. The Morgan fingerprint density at radius 3 is 2.52 bits per heavy atom. The maximum absolute atomic E-state index is 12.4. The van der Waals surface area contributed by atoms with E-state index in [1.807, 2.05) is 31.2 Å². The number of hydrogen-bond acceptors (Lipinski definition) is 3. The van der Waals surface area contributed by atoms with Crippen LogP contribution in [-0.2, 0) is 21.2 Å². The van der Waals surface area contributed by atoms with E-state index in [0.29, 0.717) is 17.7 Å². The Labute approximate surface area is 155 Å². The highest BCUT2D eigenvalue weighted by molar-refractivity contribution is 9.10. The number of amides is 1. The Morgan fingerprint density at radius 1 is 1.24 bits per heavy atom. The SMILES string of the molecule is CCc1ccc(NC(=O)C2CC2c2ccc(Br)cc2)cc1S(N)(=O)=O. The van der Waals surface area contributed by atoms with E-state index >= 15 is 0 Å². The molecule has 0 saturated heterocycles. The fraction of sp³-hybridized carbons (Fsp3) is 0.278. The van der Waals surface area contributed by atoms with Crippen LogP contribution in [0.2, 0.25) is 0 Å². The van der Waals surface area contributed by atoms with E-state index in [4.69, 9.17) is 5.14 Å². The van der Waals surface area contributed by atoms with E-state index in [1.165, 1.54) is 6.07 Å². The summed E-state index contributed by atoms with van der Waals surface area (Å²) in [6.07, 6.45) is 1.34. The molecule has 132 valence electrons. The van der Waals surface area contributed by atoms with Gasteiger partial charge in [-0.15, -0.1) is 0 Å². The Hall–Kier alpha value is -1.70. The first-order valence-corrected chi connectivity index (χ1v) is 10.4. The summed E-state index contributed by atoms with van der Waals surface area (Å²) in [5, 5.41) is 8.08. The zero-order chi connectivity index (χ0) is 18.2. The van der Waals surface area contributed by atoms with Crippen LogP contribution in [0.15, 0.2) is 51.8 Å². The molecule has 0 aromatic heterocycles. The average molecular weight is 423 g/mol. The predicted molar refractivity (Wildman–Crippen MR) is 101 cm³/mol. The second kappa shape index (κ2) is 6.90. The molecule has 1 aliphatic rings. The third kappa shape index (κ3) is 4.11. The molecule has 3 N–H and O–H groups in total. The van der Waals surface area contributed by atoms with Crippen LogP contribution in [-0.4, -0.2) is 14.3 Å². The topological polar surface area (TPSA) is 89.3 Å². The summed E-state index contributed by atoms with van der Waals surface area (Å²) >= 11 is 3.40. The number of anilines is 1. The monoisotopic (exact) mass is 422 g/mol. The van der Waals surface area contributed by atoms with Crippen molar-refractivity contribution in [1.82, 2.24) is 0 Å². The van der Waals surface area contributed by atoms with Gasteiger partial charge in [-0.3, -0.25) is 4.79 Å². The molecule has 2 aromatic carbocycles. The summed E-state index contributed by atoms with van der Waals surface area (Å²) in [4.78, 5) is 12.5. The van der Waals surface area contributed by atoms with Gasteiger partial charge in [0.05, 0.1) is 4.90 Å². The van der Waals surface area contributed by atoms with E-state index in [9.17, 15) is 13.2 Å². The predicted octanol–water partition coefficient (Wildman–Crippen LogP) is 3.40. The largest absolute Gasteiger partial charge is 0.326 e. The lowest BCUT2D eigenvalue weighted by atomic mass is 10.1. The molecular formula is C18H19BrN2O3S. The molecule has 3 rings (SSSR count). The Morgan fingerprint density at radius 2 is 1.92 bits per heavy atom. The average Bonchev–Trinajstić information content (AvgIpc) is 3.35. The van der Waals surface area contributed by atoms with E-state index < -0.39 is 10.0 Å². The van der Waals surface area contributed by atoms with Crippen molar-refractivity contribution < 1.29 is 13.2 Å². The van der Waals surface area contributed by atoms with Crippen molar-refractivity contribution in [2.75, 3.05) is 5.32 Å². The minimum absolute atomic E-state index is 0.0630. The second-order valence-electron chi connectivity index (χ2n) is 6.21. The van der Waals surface area contributed by atoms with Gasteiger partial charge in [0.1, 0.15) is 0 Å². The zero-order valence-electron chi connectivity index (χ0n) is 13.7. The molecular weight excluding hydrogens is 404 g/mol. The van der Waals surface area contributed by atoms with Crippen molar-refractivity contribution in [2.24, 2.45) is 11.1 Å². The van der Waals surface area contributed by atoms with Gasteiger partial charge >= 0.3 is 0 Å². The first-order valence-electron chi connectivity index (χ1n) is 8.01. The van der Waals surface area contributed by atoms with Crippen LogP contribution in [0.1, 0.15) is 30.4 Å². The second-order valence-corrected chi connectivity index (χ2v) is 8.66. The molecule has 1 fully saturated rings. The minimum atomic E-state index is -3.82. The summed E-state index contributed by atoms with van der Waals surface area (Å²) in [5.74, 6) is 0.0169. The zero-order valence-corrected chi connectivity index (χ0v) is 16.1. The highest BCUT2D eigenvalue weighted by atomic mass is 79.9. The van der Waals surface area contributed by atoms with Crippen molar-refractivity contribution in [3.8, 4) is 0 Å². The Kier molecular flexibility index (Phi) is 4.99. The molecule has 1 aliphatic carbocycles. The molecule has 5 nitrogen and oxygen atoms in total. The van der Waals surface area contributed by atoms with Gasteiger partial charge in [-0.2, -0.15) is 0 Å². The van der Waals surface area contributed by atoms with Crippen molar-refractivity contribution in [2.45, 2.75) is 30.6 Å². The fourth-order valence-electron chi connectivity index (χ4n) is 2.99. The van der Waals surface area contributed by atoms with Crippen LogP contribution in [0.25, 0.3) is 0 Å². The highest BCUT2D eigenvalue weighted by Gasteiger charge is 2.43. The number of halogens is 1. The number of hydrogen-bond donors (Lipinski definition) is 2. The van der Waals surface area contributed by atoms with Crippen LogP contribution in [0.5, 0.6) is 0 Å². The minimum Gasteiger partial charge on any atom is -0.326 e. The lowest BCUT2D eigenvalue weighted by molar-refractivity contribution is -0.117. The van der Waals surface area contributed by atoms with Gasteiger partial charge in [0.25, 0.3) is 0 Å². The van der Waals surface area contributed by atoms with Gasteiger partial charge in [-0.05, 0) is 54.2 Å². The van der Waals surface area contributed by atoms with Gasteiger partial charge in [0.2, 0.25) is 15.9 Å². The number of carbonyl (C=O) groups excluding carboxylic acids is 1. The summed E-state index contributed by atoms with van der Waals surface area (Å²) in [7, 11) is -3.82. The third-order valence-corrected chi connectivity index (χ3v) is 5.97. The van der Waals surface area contributed by atoms with Crippen molar-refractivity contribution in [1.29, 1.82) is 0 Å². The summed E-state index contributed by atoms with van der Waals surface area (Å²) in [5.41, 5.74) is 2.22. The standard InChI is InChI=1S/C18H19BrN2O3S/c1-2-11-5-8-14(9-17(11)25(20,23)24)21-18(22)16-10-15(16)12-3-6-13(19)7-4-12/h3-9,15-16H,2,10H2,1H3,(H,21,22)(H2,20,23,24). The summed E-state index contributed by atoms with van der Waals surface area (Å²) < 4.78 is 24.4. The number of aryl methyl sites for hydroxylation is 1. The van der Waals surface area contributed by atoms with Gasteiger partial charge < -0.3 is 5.32 Å². The van der Waals surface area contributed by atoms with Crippen LogP contribution >= 0.6 is 15.9 Å². The highest BCUT2D eigenvalue weighted by Crippen LogP contribution is 2.48. The molecule has 7 heteroatoms. The van der Waals surface area contributed by atoms with Gasteiger partial charge in [-0.25, -0.2) is 13.6 Å². The van der Waals surface area contributed by atoms with E-state index in [2.05, 4.69) is 21.2 Å². The van der Waals surface area contributed by atoms with Gasteiger partial charge in [0.15, 0.2) is 0 Å². The van der Waals surface area contributed by atoms with Gasteiger partial charge in [-0.1, -0.05) is 41.1 Å². The van der Waals surface area contributed by atoms with Crippen LogP contribution in [0.3, 0.4) is 0 Å².